The van der Waals surface area contributed by atoms with Gasteiger partial charge in [0.25, 0.3) is 16.1 Å². The first kappa shape index (κ1) is 13.5. The van der Waals surface area contributed by atoms with Gasteiger partial charge in [-0.15, -0.1) is 0 Å². The highest BCUT2D eigenvalue weighted by atomic mass is 32.2. The van der Waals surface area contributed by atoms with Gasteiger partial charge in [0.2, 0.25) is 5.91 Å². The largest absolute Gasteiger partial charge is 0.312 e. The standard InChI is InChI=1S/C12H12N2O4S/c1-9(16)14-6-2-3-10-7-11(4-5-12(10)14)19(17,18)13-8-15/h4-5,7H,2-3,6H2,1H3. The molecular weight excluding hydrogens is 268 g/mol. The van der Waals surface area contributed by atoms with Gasteiger partial charge in [-0.3, -0.25) is 4.79 Å². The van der Waals surface area contributed by atoms with Gasteiger partial charge in [0, 0.05) is 19.2 Å². The molecule has 1 aromatic rings. The lowest BCUT2D eigenvalue weighted by atomic mass is 10.0. The molecule has 0 saturated heterocycles. The number of carbonyl (C=O) groups excluding carboxylic acids is 2. The van der Waals surface area contributed by atoms with E-state index >= 15 is 0 Å². The fraction of sp³-hybridized carbons (Fsp3) is 0.333. The van der Waals surface area contributed by atoms with E-state index in [1.54, 1.807) is 11.0 Å². The molecule has 0 N–H and O–H groups in total. The van der Waals surface area contributed by atoms with E-state index in [0.717, 1.165) is 18.1 Å². The Labute approximate surface area is 110 Å². The Morgan fingerprint density at radius 1 is 1.42 bits per heavy atom. The zero-order chi connectivity index (χ0) is 14.0. The van der Waals surface area contributed by atoms with Gasteiger partial charge >= 0.3 is 0 Å². The van der Waals surface area contributed by atoms with E-state index in [2.05, 4.69) is 4.40 Å². The van der Waals surface area contributed by atoms with Crippen LogP contribution in [0.15, 0.2) is 27.5 Å². The lowest BCUT2D eigenvalue weighted by molar-refractivity contribution is -0.116. The first-order chi connectivity index (χ1) is 8.95. The van der Waals surface area contributed by atoms with E-state index in [0.29, 0.717) is 18.7 Å². The Bertz CT molecular complexity index is 675. The summed E-state index contributed by atoms with van der Waals surface area (Å²) in [6.07, 6.45) is 2.49. The van der Waals surface area contributed by atoms with Crippen LogP contribution in [0.1, 0.15) is 18.9 Å². The zero-order valence-electron chi connectivity index (χ0n) is 10.3. The van der Waals surface area contributed by atoms with E-state index in [-0.39, 0.29) is 10.8 Å². The lowest BCUT2D eigenvalue weighted by Crippen LogP contribution is -2.33. The molecule has 7 heteroatoms. The molecule has 1 aliphatic heterocycles. The maximum absolute atomic E-state index is 11.6. The summed E-state index contributed by atoms with van der Waals surface area (Å²) in [6.45, 7) is 2.09. The number of anilines is 1. The summed E-state index contributed by atoms with van der Waals surface area (Å²) >= 11 is 0. The second-order valence-corrected chi connectivity index (χ2v) is 5.83. The first-order valence-electron chi connectivity index (χ1n) is 5.71. The minimum atomic E-state index is -3.98. The Morgan fingerprint density at radius 2 is 2.16 bits per heavy atom. The van der Waals surface area contributed by atoms with Crippen molar-refractivity contribution in [1.82, 2.24) is 0 Å². The number of nitrogens with zero attached hydrogens (tertiary/aromatic N) is 2. The summed E-state index contributed by atoms with van der Waals surface area (Å²) in [5.41, 5.74) is 1.48. The average molecular weight is 280 g/mol. The van der Waals surface area contributed by atoms with E-state index in [4.69, 9.17) is 0 Å². The SMILES string of the molecule is CC(=O)N1CCCc2cc(S(=O)(=O)N=C=O)ccc21. The lowest BCUT2D eigenvalue weighted by Gasteiger charge is -2.28. The van der Waals surface area contributed by atoms with Crippen LogP contribution in [-0.4, -0.2) is 26.9 Å². The van der Waals surface area contributed by atoms with E-state index < -0.39 is 10.0 Å². The van der Waals surface area contributed by atoms with E-state index in [9.17, 15) is 18.0 Å². The number of benzene rings is 1. The zero-order valence-corrected chi connectivity index (χ0v) is 11.1. The van der Waals surface area contributed by atoms with Gasteiger partial charge in [0.05, 0.1) is 4.90 Å². The number of hydrogen-bond acceptors (Lipinski definition) is 4. The van der Waals surface area contributed by atoms with Gasteiger partial charge in [-0.1, -0.05) is 4.40 Å². The van der Waals surface area contributed by atoms with Gasteiger partial charge in [-0.25, -0.2) is 4.79 Å². The number of amides is 1. The third-order valence-electron chi connectivity index (χ3n) is 3.01. The molecule has 0 aromatic heterocycles. The van der Waals surface area contributed by atoms with Crippen LogP contribution in [0.5, 0.6) is 0 Å². The number of fused-ring (bicyclic) bond motifs is 1. The molecule has 0 radical (unpaired) electrons. The molecule has 0 unspecified atom stereocenters. The molecule has 0 spiro atoms. The van der Waals surface area contributed by atoms with Crippen LogP contribution in [0.4, 0.5) is 5.69 Å². The fourth-order valence-electron chi connectivity index (χ4n) is 2.16. The number of aryl methyl sites for hydroxylation is 1. The van der Waals surface area contributed by atoms with Crippen molar-refractivity contribution < 1.29 is 18.0 Å². The van der Waals surface area contributed by atoms with Crippen molar-refractivity contribution in [3.05, 3.63) is 23.8 Å². The number of hydrogen-bond donors (Lipinski definition) is 0. The van der Waals surface area contributed by atoms with Gasteiger partial charge < -0.3 is 4.90 Å². The van der Waals surface area contributed by atoms with Crippen molar-refractivity contribution >= 4 is 27.7 Å². The molecule has 0 aliphatic carbocycles. The Morgan fingerprint density at radius 3 is 2.79 bits per heavy atom. The molecule has 1 aromatic carbocycles. The topological polar surface area (TPSA) is 83.9 Å². The van der Waals surface area contributed by atoms with Crippen LogP contribution in [0.3, 0.4) is 0 Å². The third kappa shape index (κ3) is 2.57. The molecule has 1 heterocycles. The van der Waals surface area contributed by atoms with Crippen molar-refractivity contribution in [2.75, 3.05) is 11.4 Å². The molecule has 19 heavy (non-hydrogen) atoms. The van der Waals surface area contributed by atoms with Crippen LogP contribution in [0.25, 0.3) is 0 Å². The highest BCUT2D eigenvalue weighted by Gasteiger charge is 2.22. The predicted molar refractivity (Wildman–Crippen MR) is 68.1 cm³/mol. The van der Waals surface area contributed by atoms with Gasteiger partial charge in [-0.2, -0.15) is 8.42 Å². The maximum atomic E-state index is 11.6. The molecule has 100 valence electrons. The van der Waals surface area contributed by atoms with E-state index in [1.165, 1.54) is 19.1 Å². The number of isocyanates is 1. The predicted octanol–water partition coefficient (Wildman–Crippen LogP) is 1.01. The van der Waals surface area contributed by atoms with Crippen molar-refractivity contribution in [3.63, 3.8) is 0 Å². The molecule has 0 bridgehead atoms. The van der Waals surface area contributed by atoms with E-state index in [1.807, 2.05) is 0 Å². The number of rotatable bonds is 2. The Hall–Kier alpha value is -1.98. The molecule has 0 fully saturated rings. The van der Waals surface area contributed by atoms with Crippen molar-refractivity contribution in [2.24, 2.45) is 4.40 Å². The molecule has 0 saturated carbocycles. The number of carbonyl (C=O) groups is 1. The Balaban J connectivity index is 2.51. The van der Waals surface area contributed by atoms with Gasteiger partial charge in [0.1, 0.15) is 0 Å². The summed E-state index contributed by atoms with van der Waals surface area (Å²) in [5.74, 6) is -0.0810. The smallest absolute Gasteiger partial charge is 0.292 e. The summed E-state index contributed by atoms with van der Waals surface area (Å²) in [6, 6.07) is 4.37. The van der Waals surface area contributed by atoms with Crippen LogP contribution in [0.2, 0.25) is 0 Å². The van der Waals surface area contributed by atoms with Crippen LogP contribution >= 0.6 is 0 Å². The number of sulfonamides is 1. The molecule has 0 atom stereocenters. The van der Waals surface area contributed by atoms with Crippen molar-refractivity contribution in [3.8, 4) is 0 Å². The average Bonchev–Trinajstić information content (AvgIpc) is 2.37. The van der Waals surface area contributed by atoms with Gasteiger partial charge in [-0.05, 0) is 36.6 Å². The quantitative estimate of drug-likeness (QED) is 0.598. The van der Waals surface area contributed by atoms with Crippen LogP contribution < -0.4 is 4.90 Å². The summed E-state index contributed by atoms with van der Waals surface area (Å²) in [7, 11) is -3.98. The fourth-order valence-corrected chi connectivity index (χ4v) is 2.90. The van der Waals surface area contributed by atoms with Crippen molar-refractivity contribution in [2.45, 2.75) is 24.7 Å². The molecular formula is C12H12N2O4S. The minimum Gasteiger partial charge on any atom is -0.312 e. The molecule has 1 amide bonds. The van der Waals surface area contributed by atoms with Gasteiger partial charge in [0.15, 0.2) is 0 Å². The highest BCUT2D eigenvalue weighted by molar-refractivity contribution is 7.90. The molecule has 6 nitrogen and oxygen atoms in total. The van der Waals surface area contributed by atoms with Crippen molar-refractivity contribution in [1.29, 1.82) is 0 Å². The first-order valence-corrected chi connectivity index (χ1v) is 7.15. The summed E-state index contributed by atoms with van der Waals surface area (Å²) < 4.78 is 26.1. The summed E-state index contributed by atoms with van der Waals surface area (Å²) in [5, 5.41) is 0. The normalized spacial score (nSPS) is 14.5. The van der Waals surface area contributed by atoms with Crippen LogP contribution in [-0.2, 0) is 26.0 Å². The monoisotopic (exact) mass is 280 g/mol. The molecule has 2 rings (SSSR count). The van der Waals surface area contributed by atoms with Crippen LogP contribution in [0, 0.1) is 0 Å². The molecule has 1 aliphatic rings. The summed E-state index contributed by atoms with van der Waals surface area (Å²) in [4.78, 5) is 23.1. The maximum Gasteiger partial charge on any atom is 0.292 e. The Kier molecular flexibility index (Phi) is 3.50. The highest BCUT2D eigenvalue weighted by Crippen LogP contribution is 2.29. The minimum absolute atomic E-state index is 0.0556. The second-order valence-electron chi connectivity index (χ2n) is 4.22. The second kappa shape index (κ2) is 4.95. The third-order valence-corrected chi connectivity index (χ3v) is 4.17.